The number of amides is 1. The van der Waals surface area contributed by atoms with Gasteiger partial charge in [0, 0.05) is 13.0 Å². The van der Waals surface area contributed by atoms with Gasteiger partial charge in [-0.15, -0.1) is 0 Å². The number of unbranched alkanes of at least 4 members (excludes halogenated alkanes) is 14. The summed E-state index contributed by atoms with van der Waals surface area (Å²) >= 11 is 0. The largest absolute Gasteiger partial charge is 0.472 e. The van der Waals surface area contributed by atoms with Crippen LogP contribution in [0, 0.1) is 0 Å². The van der Waals surface area contributed by atoms with Crippen molar-refractivity contribution in [2.75, 3.05) is 47.4 Å². The zero-order valence-electron chi connectivity index (χ0n) is 22.8. The van der Waals surface area contributed by atoms with Gasteiger partial charge in [-0.25, -0.2) is 4.57 Å². The molecule has 0 aliphatic carbocycles. The Morgan fingerprint density at radius 1 is 0.735 bits per heavy atom. The van der Waals surface area contributed by atoms with Crippen molar-refractivity contribution in [2.24, 2.45) is 0 Å². The van der Waals surface area contributed by atoms with Crippen molar-refractivity contribution in [1.29, 1.82) is 0 Å². The van der Waals surface area contributed by atoms with E-state index in [2.05, 4.69) is 12.2 Å². The fourth-order valence-corrected chi connectivity index (χ4v) is 4.44. The van der Waals surface area contributed by atoms with E-state index in [1.807, 2.05) is 21.1 Å². The summed E-state index contributed by atoms with van der Waals surface area (Å²) in [6.45, 7) is 3.56. The minimum Gasteiger partial charge on any atom is -0.356 e. The second-order valence-corrected chi connectivity index (χ2v) is 12.0. The molecule has 0 aliphatic rings. The lowest BCUT2D eigenvalue weighted by Gasteiger charge is -2.24. The third-order valence-electron chi connectivity index (χ3n) is 5.92. The molecule has 0 aromatic carbocycles. The predicted molar refractivity (Wildman–Crippen MR) is 142 cm³/mol. The average Bonchev–Trinajstić information content (AvgIpc) is 2.75. The van der Waals surface area contributed by atoms with Gasteiger partial charge in [-0.1, -0.05) is 96.8 Å². The van der Waals surface area contributed by atoms with Gasteiger partial charge in [0.1, 0.15) is 13.2 Å². The van der Waals surface area contributed by atoms with Crippen LogP contribution < -0.4 is 5.32 Å². The molecular formula is C26H56N2O5P+. The molecule has 7 nitrogen and oxygen atoms in total. The van der Waals surface area contributed by atoms with Crippen LogP contribution in [0.15, 0.2) is 0 Å². The standard InChI is InChI=1S/C26H55N2O5P/c1-5-6-7-8-9-10-11-12-13-14-15-16-17-18-19-21-26(29)27-22-20-24-32-34(30,31)33-25-23-28(2,3)4/h5-25H2,1-4H3,(H-,27,29,30,31)/p+1. The summed E-state index contributed by atoms with van der Waals surface area (Å²) in [4.78, 5) is 21.5. The molecular weight excluding hydrogens is 451 g/mol. The fraction of sp³-hybridized carbons (Fsp3) is 0.962. The first-order valence-electron chi connectivity index (χ1n) is 13.9. The summed E-state index contributed by atoms with van der Waals surface area (Å²) in [5.74, 6) is 0.0427. The first-order valence-corrected chi connectivity index (χ1v) is 15.3. The summed E-state index contributed by atoms with van der Waals surface area (Å²) in [7, 11) is 1.93. The van der Waals surface area contributed by atoms with Crippen molar-refractivity contribution in [2.45, 2.75) is 116 Å². The number of quaternary nitrogens is 1. The molecule has 0 aromatic heterocycles. The van der Waals surface area contributed by atoms with E-state index in [0.29, 0.717) is 30.4 Å². The molecule has 0 aliphatic heterocycles. The van der Waals surface area contributed by atoms with Crippen molar-refractivity contribution in [1.82, 2.24) is 5.32 Å². The van der Waals surface area contributed by atoms with Crippen LogP contribution in [-0.2, 0) is 18.4 Å². The Morgan fingerprint density at radius 2 is 1.18 bits per heavy atom. The first-order chi connectivity index (χ1) is 16.2. The minimum atomic E-state index is -4.01. The maximum Gasteiger partial charge on any atom is 0.472 e. The Bertz CT molecular complexity index is 526. The van der Waals surface area contributed by atoms with E-state index in [-0.39, 0.29) is 19.1 Å². The second-order valence-electron chi connectivity index (χ2n) is 10.6. The summed E-state index contributed by atoms with van der Waals surface area (Å²) in [6, 6.07) is 0. The molecule has 0 rings (SSSR count). The fourth-order valence-electron chi connectivity index (χ4n) is 3.69. The zero-order valence-corrected chi connectivity index (χ0v) is 23.7. The zero-order chi connectivity index (χ0) is 25.5. The molecule has 1 atom stereocenters. The van der Waals surface area contributed by atoms with Gasteiger partial charge >= 0.3 is 7.82 Å². The highest BCUT2D eigenvalue weighted by atomic mass is 31.2. The van der Waals surface area contributed by atoms with Crippen molar-refractivity contribution in [3.63, 3.8) is 0 Å². The SMILES string of the molecule is CCCCCCCCCCCCCCCCCC(=O)NCCCOP(=O)(O)OCC[N+](C)(C)C. The molecule has 0 bridgehead atoms. The number of rotatable bonds is 25. The lowest BCUT2D eigenvalue weighted by molar-refractivity contribution is -0.870. The smallest absolute Gasteiger partial charge is 0.356 e. The minimum absolute atomic E-state index is 0.0427. The molecule has 0 spiro atoms. The van der Waals surface area contributed by atoms with Crippen LogP contribution in [0.4, 0.5) is 0 Å². The highest BCUT2D eigenvalue weighted by molar-refractivity contribution is 7.47. The number of nitrogens with one attached hydrogen (secondary N) is 1. The highest BCUT2D eigenvalue weighted by Crippen LogP contribution is 2.43. The van der Waals surface area contributed by atoms with Gasteiger partial charge in [-0.3, -0.25) is 13.8 Å². The highest BCUT2D eigenvalue weighted by Gasteiger charge is 2.22. The van der Waals surface area contributed by atoms with Crippen LogP contribution in [0.3, 0.4) is 0 Å². The third kappa shape index (κ3) is 26.2. The van der Waals surface area contributed by atoms with E-state index in [1.165, 1.54) is 83.5 Å². The number of phosphoric acid groups is 1. The van der Waals surface area contributed by atoms with Gasteiger partial charge < -0.3 is 14.7 Å². The molecule has 0 saturated heterocycles. The lowest BCUT2D eigenvalue weighted by Crippen LogP contribution is -2.37. The lowest BCUT2D eigenvalue weighted by atomic mass is 10.0. The van der Waals surface area contributed by atoms with Crippen molar-refractivity contribution < 1.29 is 27.8 Å². The topological polar surface area (TPSA) is 84.9 Å². The van der Waals surface area contributed by atoms with Crippen LogP contribution >= 0.6 is 7.82 Å². The second kappa shape index (κ2) is 21.8. The Morgan fingerprint density at radius 3 is 1.65 bits per heavy atom. The molecule has 1 unspecified atom stereocenters. The quantitative estimate of drug-likeness (QED) is 0.0827. The van der Waals surface area contributed by atoms with Gasteiger partial charge in [0.05, 0.1) is 27.7 Å². The van der Waals surface area contributed by atoms with Gasteiger partial charge in [-0.05, 0) is 12.8 Å². The van der Waals surface area contributed by atoms with E-state index in [9.17, 15) is 14.3 Å². The van der Waals surface area contributed by atoms with Crippen LogP contribution in [0.5, 0.6) is 0 Å². The number of hydrogen-bond donors (Lipinski definition) is 2. The van der Waals surface area contributed by atoms with Gasteiger partial charge in [0.25, 0.3) is 0 Å². The first kappa shape index (κ1) is 33.5. The molecule has 0 heterocycles. The molecule has 204 valence electrons. The normalized spacial score (nSPS) is 13.7. The van der Waals surface area contributed by atoms with Crippen LogP contribution in [0.1, 0.15) is 116 Å². The van der Waals surface area contributed by atoms with E-state index >= 15 is 0 Å². The summed E-state index contributed by atoms with van der Waals surface area (Å²) in [5, 5.41) is 2.85. The summed E-state index contributed by atoms with van der Waals surface area (Å²) < 4.78 is 22.3. The number of phosphoric ester groups is 1. The Balaban J connectivity index is 3.39. The van der Waals surface area contributed by atoms with Crippen LogP contribution in [0.25, 0.3) is 0 Å². The van der Waals surface area contributed by atoms with E-state index in [1.54, 1.807) is 0 Å². The molecule has 8 heteroatoms. The molecule has 0 aromatic rings. The Kier molecular flexibility index (Phi) is 21.5. The van der Waals surface area contributed by atoms with E-state index in [0.717, 1.165) is 12.8 Å². The number of likely N-dealkylation sites (N-methyl/N-ethyl adjacent to an activating group) is 1. The van der Waals surface area contributed by atoms with E-state index in [4.69, 9.17) is 9.05 Å². The van der Waals surface area contributed by atoms with Crippen molar-refractivity contribution >= 4 is 13.7 Å². The van der Waals surface area contributed by atoms with Gasteiger partial charge in [0.2, 0.25) is 5.91 Å². The summed E-state index contributed by atoms with van der Waals surface area (Å²) in [5.41, 5.74) is 0. The summed E-state index contributed by atoms with van der Waals surface area (Å²) in [6.07, 6.45) is 20.7. The molecule has 1 amide bonds. The molecule has 0 fully saturated rings. The van der Waals surface area contributed by atoms with Gasteiger partial charge in [-0.2, -0.15) is 0 Å². The predicted octanol–water partition coefficient (Wildman–Crippen LogP) is 6.59. The average molecular weight is 508 g/mol. The number of carbonyl (C=O) groups excluding carboxylic acids is 1. The maximum absolute atomic E-state index is 11.9. The maximum atomic E-state index is 11.9. The van der Waals surface area contributed by atoms with Crippen LogP contribution in [0.2, 0.25) is 0 Å². The number of hydrogen-bond acceptors (Lipinski definition) is 4. The molecule has 34 heavy (non-hydrogen) atoms. The number of nitrogens with zero attached hydrogens (tertiary/aromatic N) is 1. The van der Waals surface area contributed by atoms with Gasteiger partial charge in [0.15, 0.2) is 0 Å². The van der Waals surface area contributed by atoms with Crippen molar-refractivity contribution in [3.8, 4) is 0 Å². The van der Waals surface area contributed by atoms with E-state index < -0.39 is 7.82 Å². The number of carbonyl (C=O) groups is 1. The molecule has 0 saturated carbocycles. The van der Waals surface area contributed by atoms with Crippen molar-refractivity contribution in [3.05, 3.63) is 0 Å². The Labute approximate surface area is 210 Å². The monoisotopic (exact) mass is 507 g/mol. The third-order valence-corrected chi connectivity index (χ3v) is 6.94. The molecule has 2 N–H and O–H groups in total. The Hall–Kier alpha value is -0.460. The van der Waals surface area contributed by atoms with Crippen LogP contribution in [-0.4, -0.2) is 62.7 Å². The molecule has 0 radical (unpaired) electrons.